The van der Waals surface area contributed by atoms with E-state index in [4.69, 9.17) is 0 Å². The zero-order chi connectivity index (χ0) is 17.8. The lowest BCUT2D eigenvalue weighted by atomic mass is 10.1. The Balaban J connectivity index is 1.70. The van der Waals surface area contributed by atoms with Crippen molar-refractivity contribution < 1.29 is 18.7 Å². The largest absolute Gasteiger partial charge is 0.394 e. The fraction of sp³-hybridized carbons (Fsp3) is 0.176. The van der Waals surface area contributed by atoms with Gasteiger partial charge in [0.25, 0.3) is 6.43 Å². The minimum atomic E-state index is -2.69. The van der Waals surface area contributed by atoms with Gasteiger partial charge in [-0.1, -0.05) is 30.3 Å². The third-order valence-electron chi connectivity index (χ3n) is 3.65. The van der Waals surface area contributed by atoms with E-state index in [9.17, 15) is 18.7 Å². The van der Waals surface area contributed by atoms with Crippen LogP contribution in [0.4, 0.5) is 19.3 Å². The van der Waals surface area contributed by atoms with Crippen molar-refractivity contribution >= 4 is 22.8 Å². The van der Waals surface area contributed by atoms with Gasteiger partial charge in [0.1, 0.15) is 0 Å². The van der Waals surface area contributed by atoms with Gasteiger partial charge in [-0.3, -0.25) is 0 Å². The highest BCUT2D eigenvalue weighted by Crippen LogP contribution is 2.22. The van der Waals surface area contributed by atoms with E-state index in [1.54, 1.807) is 18.2 Å². The number of hydrogen-bond donors (Lipinski definition) is 4. The molecule has 1 unspecified atom stereocenters. The van der Waals surface area contributed by atoms with Gasteiger partial charge in [0, 0.05) is 5.69 Å². The maximum atomic E-state index is 12.7. The summed E-state index contributed by atoms with van der Waals surface area (Å²) < 4.78 is 25.3. The molecule has 0 saturated heterocycles. The molecule has 0 radical (unpaired) electrons. The Morgan fingerprint density at radius 1 is 1.20 bits per heavy atom. The third kappa shape index (κ3) is 3.92. The lowest BCUT2D eigenvalue weighted by Crippen LogP contribution is -2.34. The molecule has 8 heteroatoms. The highest BCUT2D eigenvalue weighted by molar-refractivity contribution is 5.92. The molecule has 0 saturated carbocycles. The van der Waals surface area contributed by atoms with Crippen molar-refractivity contribution in [3.8, 4) is 0 Å². The summed E-state index contributed by atoms with van der Waals surface area (Å²) in [5, 5.41) is 14.7. The number of aromatic amines is 1. The Morgan fingerprint density at radius 2 is 1.96 bits per heavy atom. The van der Waals surface area contributed by atoms with E-state index in [2.05, 4.69) is 20.6 Å². The fourth-order valence-corrected chi connectivity index (χ4v) is 2.46. The molecular weight excluding hydrogens is 330 g/mol. The quantitative estimate of drug-likeness (QED) is 0.571. The minimum Gasteiger partial charge on any atom is -0.394 e. The van der Waals surface area contributed by atoms with Crippen molar-refractivity contribution in [2.45, 2.75) is 12.5 Å². The number of H-pyrrole nitrogens is 1. The number of imidazole rings is 1. The van der Waals surface area contributed by atoms with Gasteiger partial charge in [-0.15, -0.1) is 0 Å². The van der Waals surface area contributed by atoms with Gasteiger partial charge in [0.2, 0.25) is 0 Å². The smallest absolute Gasteiger partial charge is 0.319 e. The first-order valence-corrected chi connectivity index (χ1v) is 7.58. The summed E-state index contributed by atoms with van der Waals surface area (Å²) in [6.07, 6.45) is -2.69. The van der Waals surface area contributed by atoms with Crippen LogP contribution in [0.15, 0.2) is 48.5 Å². The van der Waals surface area contributed by atoms with Crippen LogP contribution in [0.3, 0.4) is 0 Å². The molecule has 0 aliphatic heterocycles. The number of amides is 2. The molecule has 2 aromatic carbocycles. The van der Waals surface area contributed by atoms with Crippen LogP contribution in [0.25, 0.3) is 11.0 Å². The monoisotopic (exact) mass is 346 g/mol. The lowest BCUT2D eigenvalue weighted by molar-refractivity contribution is 0.142. The number of urea groups is 1. The van der Waals surface area contributed by atoms with Gasteiger partial charge in [-0.05, 0) is 23.8 Å². The summed E-state index contributed by atoms with van der Waals surface area (Å²) >= 11 is 0. The minimum absolute atomic E-state index is 0.255. The topological polar surface area (TPSA) is 90.0 Å². The Kier molecular flexibility index (Phi) is 4.90. The van der Waals surface area contributed by atoms with Gasteiger partial charge < -0.3 is 20.7 Å². The van der Waals surface area contributed by atoms with Crippen molar-refractivity contribution in [3.63, 3.8) is 0 Å². The maximum absolute atomic E-state index is 12.7. The number of halogens is 2. The van der Waals surface area contributed by atoms with E-state index in [1.165, 1.54) is 12.1 Å². The van der Waals surface area contributed by atoms with E-state index in [0.717, 1.165) is 5.56 Å². The number of carbonyl (C=O) groups is 1. The predicted molar refractivity (Wildman–Crippen MR) is 89.5 cm³/mol. The van der Waals surface area contributed by atoms with Gasteiger partial charge in [-0.25, -0.2) is 18.6 Å². The van der Waals surface area contributed by atoms with Crippen molar-refractivity contribution in [2.24, 2.45) is 0 Å². The highest BCUT2D eigenvalue weighted by Gasteiger charge is 2.15. The molecule has 1 aromatic heterocycles. The highest BCUT2D eigenvalue weighted by atomic mass is 19.3. The van der Waals surface area contributed by atoms with Crippen molar-refractivity contribution in [3.05, 3.63) is 59.9 Å². The second-order valence-corrected chi connectivity index (χ2v) is 5.40. The van der Waals surface area contributed by atoms with Crippen LogP contribution in [-0.2, 0) is 0 Å². The van der Waals surface area contributed by atoms with Crippen LogP contribution in [0, 0.1) is 0 Å². The van der Waals surface area contributed by atoms with Crippen molar-refractivity contribution in [1.82, 2.24) is 15.3 Å². The van der Waals surface area contributed by atoms with Crippen molar-refractivity contribution in [1.29, 1.82) is 0 Å². The number of nitrogens with zero attached hydrogens (tertiary/aromatic N) is 1. The summed E-state index contributed by atoms with van der Waals surface area (Å²) in [5.41, 5.74) is 1.97. The Hall–Kier alpha value is -3.00. The molecule has 0 bridgehead atoms. The number of carbonyl (C=O) groups excluding carboxylic acids is 1. The number of aliphatic hydroxyl groups is 1. The van der Waals surface area contributed by atoms with E-state index in [0.29, 0.717) is 16.7 Å². The molecule has 1 atom stereocenters. The summed E-state index contributed by atoms with van der Waals surface area (Å²) in [7, 11) is 0. The van der Waals surface area contributed by atoms with Crippen molar-refractivity contribution in [2.75, 3.05) is 11.9 Å². The second kappa shape index (κ2) is 7.27. The molecule has 1 heterocycles. The van der Waals surface area contributed by atoms with Gasteiger partial charge >= 0.3 is 6.03 Å². The number of nitrogens with one attached hydrogen (secondary N) is 3. The molecule has 130 valence electrons. The van der Waals surface area contributed by atoms with Crippen LogP contribution in [-0.4, -0.2) is 27.7 Å². The third-order valence-corrected chi connectivity index (χ3v) is 3.65. The number of fused-ring (bicyclic) bond motifs is 1. The predicted octanol–water partition coefficient (Wildman–Crippen LogP) is 3.36. The van der Waals surface area contributed by atoms with E-state index in [-0.39, 0.29) is 6.61 Å². The molecule has 3 aromatic rings. The molecule has 0 aliphatic carbocycles. The number of anilines is 1. The van der Waals surface area contributed by atoms with Gasteiger partial charge in [0.15, 0.2) is 5.82 Å². The van der Waals surface area contributed by atoms with Crippen LogP contribution >= 0.6 is 0 Å². The zero-order valence-corrected chi connectivity index (χ0v) is 13.0. The summed E-state index contributed by atoms with van der Waals surface area (Å²) in [4.78, 5) is 18.4. The summed E-state index contributed by atoms with van der Waals surface area (Å²) in [5.74, 6) is -0.416. The maximum Gasteiger partial charge on any atom is 0.319 e. The molecule has 4 N–H and O–H groups in total. The first-order chi connectivity index (χ1) is 12.1. The SMILES string of the molecule is O=C(Nc1ccc2nc(C(F)F)[nH]c2c1)NC(CO)c1ccccc1. The number of aromatic nitrogens is 2. The summed E-state index contributed by atoms with van der Waals surface area (Å²) in [6, 6.07) is 12.6. The van der Waals surface area contributed by atoms with Crippen LogP contribution in [0.2, 0.25) is 0 Å². The van der Waals surface area contributed by atoms with E-state index >= 15 is 0 Å². The molecule has 0 aliphatic rings. The number of rotatable bonds is 5. The average Bonchev–Trinajstić information content (AvgIpc) is 3.04. The van der Waals surface area contributed by atoms with E-state index < -0.39 is 24.3 Å². The number of alkyl halides is 2. The molecule has 2 amide bonds. The number of hydrogen-bond acceptors (Lipinski definition) is 3. The lowest BCUT2D eigenvalue weighted by Gasteiger charge is -2.17. The van der Waals surface area contributed by atoms with E-state index in [1.807, 2.05) is 18.2 Å². The molecule has 3 rings (SSSR count). The molecule has 25 heavy (non-hydrogen) atoms. The van der Waals surface area contributed by atoms with Crippen LogP contribution in [0.5, 0.6) is 0 Å². The van der Waals surface area contributed by atoms with Gasteiger partial charge in [0.05, 0.1) is 23.7 Å². The Labute approximate surface area is 141 Å². The standard InChI is InChI=1S/C17H16F2N4O2/c18-15(19)16-21-12-7-6-11(8-13(12)22-16)20-17(25)23-14(9-24)10-4-2-1-3-5-10/h1-8,14-15,24H,9H2,(H,21,22)(H2,20,23,25). The van der Waals surface area contributed by atoms with Gasteiger partial charge in [-0.2, -0.15) is 0 Å². The second-order valence-electron chi connectivity index (χ2n) is 5.40. The average molecular weight is 346 g/mol. The van der Waals surface area contributed by atoms with Crippen LogP contribution in [0.1, 0.15) is 23.9 Å². The molecule has 0 fully saturated rings. The number of aliphatic hydroxyl groups excluding tert-OH is 1. The van der Waals surface area contributed by atoms with Crippen LogP contribution < -0.4 is 10.6 Å². The Morgan fingerprint density at radius 3 is 2.64 bits per heavy atom. The Bertz CT molecular complexity index is 867. The fourth-order valence-electron chi connectivity index (χ4n) is 2.46. The number of benzene rings is 2. The molecule has 0 spiro atoms. The zero-order valence-electron chi connectivity index (χ0n) is 13.0. The summed E-state index contributed by atoms with van der Waals surface area (Å²) in [6.45, 7) is -0.255. The first-order valence-electron chi connectivity index (χ1n) is 7.58. The normalized spacial score (nSPS) is 12.3. The molecular formula is C17H16F2N4O2. The first kappa shape index (κ1) is 16.8. The molecule has 6 nitrogen and oxygen atoms in total.